The minimum Gasteiger partial charge on any atom is -0.399 e. The summed E-state index contributed by atoms with van der Waals surface area (Å²) in [5, 5.41) is 10.2. The van der Waals surface area contributed by atoms with Crippen molar-refractivity contribution in [3.8, 4) is 0 Å². The number of amides is 1. The number of hydrogen-bond donors (Lipinski definition) is 3. The van der Waals surface area contributed by atoms with Gasteiger partial charge in [-0.05, 0) is 23.6 Å². The summed E-state index contributed by atoms with van der Waals surface area (Å²) in [7, 11) is 0. The first-order valence-electron chi connectivity index (χ1n) is 6.42. The van der Waals surface area contributed by atoms with Crippen molar-refractivity contribution in [1.82, 2.24) is 4.90 Å². The van der Waals surface area contributed by atoms with E-state index in [2.05, 4.69) is 13.8 Å². The van der Waals surface area contributed by atoms with Gasteiger partial charge in [-0.25, -0.2) is 0 Å². The fourth-order valence-electron chi connectivity index (χ4n) is 2.06. The lowest BCUT2D eigenvalue weighted by Gasteiger charge is -2.25. The Morgan fingerprint density at radius 1 is 1.37 bits per heavy atom. The van der Waals surface area contributed by atoms with Crippen LogP contribution in [0.3, 0.4) is 0 Å². The Kier molecular flexibility index (Phi) is 5.79. The highest BCUT2D eigenvalue weighted by atomic mass is 16.3. The average Bonchev–Trinajstić information content (AvgIpc) is 2.26. The third kappa shape index (κ3) is 5.72. The third-order valence-corrected chi connectivity index (χ3v) is 2.73. The van der Waals surface area contributed by atoms with Crippen molar-refractivity contribution in [2.75, 3.05) is 25.4 Å². The van der Waals surface area contributed by atoms with Gasteiger partial charge in [-0.3, -0.25) is 9.69 Å². The van der Waals surface area contributed by atoms with Crippen molar-refractivity contribution >= 4 is 11.6 Å². The molecule has 19 heavy (non-hydrogen) atoms. The minimum atomic E-state index is -0.679. The largest absolute Gasteiger partial charge is 0.399 e. The van der Waals surface area contributed by atoms with Crippen molar-refractivity contribution in [3.63, 3.8) is 0 Å². The predicted octanol–water partition coefficient (Wildman–Crippen LogP) is 0.746. The van der Waals surface area contributed by atoms with E-state index < -0.39 is 6.10 Å². The van der Waals surface area contributed by atoms with Gasteiger partial charge < -0.3 is 16.6 Å². The van der Waals surface area contributed by atoms with Crippen LogP contribution in [0.1, 0.15) is 25.5 Å². The van der Waals surface area contributed by atoms with Gasteiger partial charge in [0.15, 0.2) is 0 Å². The molecule has 1 aromatic carbocycles. The van der Waals surface area contributed by atoms with Crippen LogP contribution in [0.2, 0.25) is 0 Å². The van der Waals surface area contributed by atoms with E-state index in [1.165, 1.54) is 0 Å². The fraction of sp³-hybridized carbons (Fsp3) is 0.500. The lowest BCUT2D eigenvalue weighted by Crippen LogP contribution is -2.38. The molecule has 1 unspecified atom stereocenters. The number of primary amides is 1. The van der Waals surface area contributed by atoms with Crippen LogP contribution in [-0.2, 0) is 4.79 Å². The maximum Gasteiger partial charge on any atom is 0.231 e. The minimum absolute atomic E-state index is 0.150. The van der Waals surface area contributed by atoms with Crippen molar-refractivity contribution < 1.29 is 9.90 Å². The highest BCUT2D eigenvalue weighted by Crippen LogP contribution is 2.17. The molecule has 1 atom stereocenters. The van der Waals surface area contributed by atoms with Gasteiger partial charge in [-0.1, -0.05) is 26.0 Å². The zero-order valence-corrected chi connectivity index (χ0v) is 11.5. The summed E-state index contributed by atoms with van der Waals surface area (Å²) in [6.45, 7) is 5.34. The van der Waals surface area contributed by atoms with Crippen molar-refractivity contribution in [2.45, 2.75) is 20.0 Å². The molecule has 106 valence electrons. The Morgan fingerprint density at radius 2 is 2.05 bits per heavy atom. The van der Waals surface area contributed by atoms with Gasteiger partial charge in [0.2, 0.25) is 5.91 Å². The van der Waals surface area contributed by atoms with Gasteiger partial charge in [0.25, 0.3) is 0 Å². The monoisotopic (exact) mass is 265 g/mol. The quantitative estimate of drug-likeness (QED) is 0.634. The van der Waals surface area contributed by atoms with Crippen molar-refractivity contribution in [3.05, 3.63) is 29.8 Å². The van der Waals surface area contributed by atoms with Crippen LogP contribution in [0.25, 0.3) is 0 Å². The summed E-state index contributed by atoms with van der Waals surface area (Å²) in [6, 6.07) is 7.13. The summed E-state index contributed by atoms with van der Waals surface area (Å²) in [4.78, 5) is 12.9. The molecule has 5 heteroatoms. The molecule has 0 aliphatic carbocycles. The molecular weight excluding hydrogens is 242 g/mol. The van der Waals surface area contributed by atoms with Crippen LogP contribution < -0.4 is 11.5 Å². The van der Waals surface area contributed by atoms with E-state index in [4.69, 9.17) is 11.5 Å². The molecule has 5 nitrogen and oxygen atoms in total. The Labute approximate surface area is 114 Å². The summed E-state index contributed by atoms with van der Waals surface area (Å²) >= 11 is 0. The predicted molar refractivity (Wildman–Crippen MR) is 76.3 cm³/mol. The molecule has 0 aliphatic heterocycles. The van der Waals surface area contributed by atoms with E-state index in [1.807, 2.05) is 11.0 Å². The Bertz CT molecular complexity index is 421. The normalized spacial score (nSPS) is 12.9. The first-order chi connectivity index (χ1) is 8.88. The lowest BCUT2D eigenvalue weighted by molar-refractivity contribution is -0.119. The summed E-state index contributed by atoms with van der Waals surface area (Å²) in [5.74, 6) is 0.00724. The Balaban J connectivity index is 2.69. The Morgan fingerprint density at radius 3 is 2.58 bits per heavy atom. The molecule has 0 heterocycles. The first-order valence-corrected chi connectivity index (χ1v) is 6.42. The topological polar surface area (TPSA) is 92.6 Å². The van der Waals surface area contributed by atoms with E-state index in [9.17, 15) is 9.90 Å². The number of carbonyl (C=O) groups excluding carboxylic acids is 1. The number of hydrogen-bond acceptors (Lipinski definition) is 4. The maximum atomic E-state index is 11.0. The molecule has 0 spiro atoms. The van der Waals surface area contributed by atoms with Crippen LogP contribution in [0.15, 0.2) is 24.3 Å². The summed E-state index contributed by atoms with van der Waals surface area (Å²) < 4.78 is 0. The standard InChI is InChI=1S/C14H23N3O2/c1-10(2)7-17(9-14(16)19)8-13(18)11-4-3-5-12(15)6-11/h3-6,10,13,18H,7-9,15H2,1-2H3,(H2,16,19). The van der Waals surface area contributed by atoms with E-state index in [0.717, 1.165) is 5.56 Å². The molecule has 0 aliphatic rings. The number of benzene rings is 1. The van der Waals surface area contributed by atoms with Gasteiger partial charge in [0, 0.05) is 18.8 Å². The van der Waals surface area contributed by atoms with E-state index in [0.29, 0.717) is 24.7 Å². The number of carbonyl (C=O) groups is 1. The number of rotatable bonds is 7. The molecule has 1 aromatic rings. The number of aliphatic hydroxyl groups is 1. The number of aliphatic hydroxyl groups excluding tert-OH is 1. The maximum absolute atomic E-state index is 11.0. The van der Waals surface area contributed by atoms with Crippen LogP contribution in [0.4, 0.5) is 5.69 Å². The van der Waals surface area contributed by atoms with Crippen LogP contribution in [0.5, 0.6) is 0 Å². The second-order valence-corrected chi connectivity index (χ2v) is 5.24. The molecule has 0 bridgehead atoms. The SMILES string of the molecule is CC(C)CN(CC(N)=O)CC(O)c1cccc(N)c1. The Hall–Kier alpha value is -1.59. The van der Waals surface area contributed by atoms with Crippen LogP contribution in [0, 0.1) is 5.92 Å². The second kappa shape index (κ2) is 7.11. The number of nitrogen functional groups attached to an aromatic ring is 1. The zero-order valence-electron chi connectivity index (χ0n) is 11.5. The molecule has 0 fully saturated rings. The highest BCUT2D eigenvalue weighted by Gasteiger charge is 2.16. The summed E-state index contributed by atoms with van der Waals surface area (Å²) in [5.41, 5.74) is 12.3. The first kappa shape index (κ1) is 15.5. The second-order valence-electron chi connectivity index (χ2n) is 5.24. The molecule has 0 radical (unpaired) electrons. The van der Waals surface area contributed by atoms with Crippen molar-refractivity contribution in [2.24, 2.45) is 11.7 Å². The van der Waals surface area contributed by atoms with E-state index in [1.54, 1.807) is 18.2 Å². The van der Waals surface area contributed by atoms with E-state index in [-0.39, 0.29) is 12.5 Å². The smallest absolute Gasteiger partial charge is 0.231 e. The molecule has 5 N–H and O–H groups in total. The van der Waals surface area contributed by atoms with Gasteiger partial charge >= 0.3 is 0 Å². The van der Waals surface area contributed by atoms with Gasteiger partial charge in [-0.15, -0.1) is 0 Å². The van der Waals surface area contributed by atoms with Gasteiger partial charge in [0.05, 0.1) is 12.6 Å². The third-order valence-electron chi connectivity index (χ3n) is 2.73. The number of anilines is 1. The van der Waals surface area contributed by atoms with Crippen molar-refractivity contribution in [1.29, 1.82) is 0 Å². The molecule has 1 amide bonds. The molecule has 0 saturated carbocycles. The fourth-order valence-corrected chi connectivity index (χ4v) is 2.06. The zero-order chi connectivity index (χ0) is 14.4. The van der Waals surface area contributed by atoms with Crippen LogP contribution >= 0.6 is 0 Å². The highest BCUT2D eigenvalue weighted by molar-refractivity contribution is 5.75. The van der Waals surface area contributed by atoms with E-state index >= 15 is 0 Å². The average molecular weight is 265 g/mol. The molecule has 1 rings (SSSR count). The van der Waals surface area contributed by atoms with Crippen LogP contribution in [-0.4, -0.2) is 35.5 Å². The molecular formula is C14H23N3O2. The lowest BCUT2D eigenvalue weighted by atomic mass is 10.1. The molecule has 0 saturated heterocycles. The summed E-state index contributed by atoms with van der Waals surface area (Å²) in [6.07, 6.45) is -0.679. The molecule has 0 aromatic heterocycles. The number of nitrogens with zero attached hydrogens (tertiary/aromatic N) is 1. The van der Waals surface area contributed by atoms with Gasteiger partial charge in [-0.2, -0.15) is 0 Å². The number of nitrogens with two attached hydrogens (primary N) is 2. The van der Waals surface area contributed by atoms with Gasteiger partial charge in [0.1, 0.15) is 0 Å².